The molecule has 2 amide bonds. The van der Waals surface area contributed by atoms with E-state index >= 15 is 0 Å². The molecule has 3 heterocycles. The van der Waals surface area contributed by atoms with Gasteiger partial charge in [0, 0.05) is 18.2 Å². The van der Waals surface area contributed by atoms with Gasteiger partial charge in [0.2, 0.25) is 0 Å². The number of methoxy groups -OCH3 is 1. The number of thiazole rings is 1. The molecule has 0 radical (unpaired) electrons. The van der Waals surface area contributed by atoms with E-state index in [9.17, 15) is 24.3 Å². The largest absolute Gasteiger partial charge is 0.481 e. The lowest BCUT2D eigenvalue weighted by Gasteiger charge is -2.49. The van der Waals surface area contributed by atoms with Gasteiger partial charge in [-0.15, -0.1) is 23.1 Å². The number of hydrogen-bond acceptors (Lipinski definition) is 9. The zero-order chi connectivity index (χ0) is 22.0. The van der Waals surface area contributed by atoms with Crippen molar-refractivity contribution in [3.63, 3.8) is 0 Å². The van der Waals surface area contributed by atoms with Gasteiger partial charge in [-0.3, -0.25) is 19.3 Å². The number of anilines is 1. The second kappa shape index (κ2) is 8.85. The summed E-state index contributed by atoms with van der Waals surface area (Å²) in [6.07, 6.45) is 0.774. The summed E-state index contributed by atoms with van der Waals surface area (Å²) in [5.41, 5.74) is 6.12. The van der Waals surface area contributed by atoms with Gasteiger partial charge in [-0.25, -0.2) is 9.78 Å². The number of nitrogens with one attached hydrogen (secondary N) is 1. The zero-order valence-electron chi connectivity index (χ0n) is 15.7. The highest BCUT2D eigenvalue weighted by molar-refractivity contribution is 8.00. The smallest absolute Gasteiger partial charge is 0.352 e. The summed E-state index contributed by atoms with van der Waals surface area (Å²) in [5.74, 6) is -3.31. The van der Waals surface area contributed by atoms with Gasteiger partial charge in [0.25, 0.3) is 11.8 Å². The highest BCUT2D eigenvalue weighted by atomic mass is 32.2. The normalized spacial score (nSPS) is 21.2. The summed E-state index contributed by atoms with van der Waals surface area (Å²) in [5, 5.41) is 22.1. The molecule has 5 N–H and O–H groups in total. The molecule has 0 aliphatic carbocycles. The molecule has 3 rings (SSSR count). The number of carboxylic acids is 2. The Labute approximate surface area is 178 Å². The Balaban J connectivity index is 1.80. The average Bonchev–Trinajstić information content (AvgIpc) is 3.11. The summed E-state index contributed by atoms with van der Waals surface area (Å²) in [6, 6.07) is -0.954. The standard InChI is InChI=1S/C17H18N4O7S2/c1-28-4-7-5-29-15-11(14(25)21(15)12(7)16(26)27)20-13(24)8(2-3-10(22)23)9-6-30-17(18)19-9/h2,6,11,15H,3-5H2,1H3,(H2,18,19)(H,20,24)(H,22,23)(H,26,27)/t11-,15-/m1/s1. The van der Waals surface area contributed by atoms with E-state index in [-0.39, 0.29) is 28.7 Å². The lowest BCUT2D eigenvalue weighted by Crippen LogP contribution is -2.70. The molecular formula is C17H18N4O7S2. The van der Waals surface area contributed by atoms with E-state index in [0.717, 1.165) is 16.2 Å². The van der Waals surface area contributed by atoms with Crippen molar-refractivity contribution in [3.05, 3.63) is 28.4 Å². The number of carboxylic acid groups (broad SMARTS) is 2. The highest BCUT2D eigenvalue weighted by Crippen LogP contribution is 2.40. The number of amides is 2. The lowest BCUT2D eigenvalue weighted by molar-refractivity contribution is -0.150. The number of ether oxygens (including phenoxy) is 1. The fourth-order valence-electron chi connectivity index (χ4n) is 3.10. The number of aromatic nitrogens is 1. The maximum Gasteiger partial charge on any atom is 0.352 e. The number of nitrogen functional groups attached to an aromatic ring is 1. The number of carbonyl (C=O) groups excluding carboxylic acids is 2. The molecule has 13 heteroatoms. The number of hydrogen-bond donors (Lipinski definition) is 4. The summed E-state index contributed by atoms with van der Waals surface area (Å²) in [6.45, 7) is 0.0789. The van der Waals surface area contributed by atoms with Crippen LogP contribution >= 0.6 is 23.1 Å². The summed E-state index contributed by atoms with van der Waals surface area (Å²) >= 11 is 2.39. The van der Waals surface area contributed by atoms with E-state index in [4.69, 9.17) is 15.6 Å². The number of aliphatic carboxylic acids is 2. The van der Waals surface area contributed by atoms with Crippen LogP contribution in [0.2, 0.25) is 0 Å². The molecule has 2 aliphatic rings. The molecule has 1 aromatic rings. The summed E-state index contributed by atoms with van der Waals surface area (Å²) in [7, 11) is 1.43. The van der Waals surface area contributed by atoms with Gasteiger partial charge in [-0.2, -0.15) is 0 Å². The maximum absolute atomic E-state index is 12.8. The first-order chi connectivity index (χ1) is 14.2. The molecule has 160 valence electrons. The Kier molecular flexibility index (Phi) is 6.43. The first-order valence-corrected chi connectivity index (χ1v) is 10.5. The number of thioether (sulfide) groups is 1. The Morgan fingerprint density at radius 2 is 2.17 bits per heavy atom. The molecule has 2 aliphatic heterocycles. The number of nitrogens with two attached hydrogens (primary N) is 1. The van der Waals surface area contributed by atoms with E-state index in [2.05, 4.69) is 10.3 Å². The highest BCUT2D eigenvalue weighted by Gasteiger charge is 2.54. The van der Waals surface area contributed by atoms with Crippen molar-refractivity contribution in [1.82, 2.24) is 15.2 Å². The van der Waals surface area contributed by atoms with Gasteiger partial charge in [0.15, 0.2) is 5.13 Å². The van der Waals surface area contributed by atoms with Gasteiger partial charge in [-0.1, -0.05) is 6.08 Å². The molecule has 1 aromatic heterocycles. The Hall–Kier alpha value is -2.90. The number of fused-ring (bicyclic) bond motifs is 1. The second-order valence-electron chi connectivity index (χ2n) is 6.34. The molecule has 0 bridgehead atoms. The molecule has 0 spiro atoms. The Bertz CT molecular complexity index is 971. The molecule has 1 saturated heterocycles. The van der Waals surface area contributed by atoms with Crippen LogP contribution in [0.4, 0.5) is 5.13 Å². The van der Waals surface area contributed by atoms with Gasteiger partial charge < -0.3 is 26.0 Å². The predicted octanol–water partition coefficient (Wildman–Crippen LogP) is -0.0316. The van der Waals surface area contributed by atoms with E-state index in [0.29, 0.717) is 11.3 Å². The number of β-lactam (4-membered cyclic amide) rings is 1. The van der Waals surface area contributed by atoms with Crippen molar-refractivity contribution >= 4 is 57.6 Å². The number of carbonyl (C=O) groups is 4. The molecular weight excluding hydrogens is 436 g/mol. The minimum absolute atomic E-state index is 0.0218. The Morgan fingerprint density at radius 3 is 2.73 bits per heavy atom. The molecule has 2 atom stereocenters. The number of nitrogens with zero attached hydrogens (tertiary/aromatic N) is 2. The lowest BCUT2D eigenvalue weighted by atomic mass is 10.0. The van der Waals surface area contributed by atoms with Crippen LogP contribution in [0.5, 0.6) is 0 Å². The number of rotatable bonds is 8. The minimum Gasteiger partial charge on any atom is -0.481 e. The van der Waals surface area contributed by atoms with E-state index < -0.39 is 41.6 Å². The van der Waals surface area contributed by atoms with Crippen LogP contribution in [0.1, 0.15) is 12.1 Å². The molecule has 0 unspecified atom stereocenters. The van der Waals surface area contributed by atoms with Gasteiger partial charge in [0.1, 0.15) is 17.1 Å². The van der Waals surface area contributed by atoms with Crippen LogP contribution in [0.25, 0.3) is 5.57 Å². The second-order valence-corrected chi connectivity index (χ2v) is 8.33. The van der Waals surface area contributed by atoms with Crippen molar-refractivity contribution in [2.45, 2.75) is 17.8 Å². The quantitative estimate of drug-likeness (QED) is 0.309. The zero-order valence-corrected chi connectivity index (χ0v) is 17.3. The van der Waals surface area contributed by atoms with Crippen molar-refractivity contribution in [2.75, 3.05) is 25.2 Å². The molecule has 1 fully saturated rings. The van der Waals surface area contributed by atoms with Gasteiger partial charge in [0.05, 0.1) is 24.3 Å². The predicted molar refractivity (Wildman–Crippen MR) is 108 cm³/mol. The first-order valence-electron chi connectivity index (χ1n) is 8.57. The monoisotopic (exact) mass is 454 g/mol. The van der Waals surface area contributed by atoms with Crippen LogP contribution in [-0.4, -0.2) is 74.7 Å². The van der Waals surface area contributed by atoms with Gasteiger partial charge in [-0.05, 0) is 5.57 Å². The van der Waals surface area contributed by atoms with Crippen LogP contribution in [-0.2, 0) is 23.9 Å². The topological polar surface area (TPSA) is 172 Å². The van der Waals surface area contributed by atoms with Crippen molar-refractivity contribution in [2.24, 2.45) is 0 Å². The molecule has 11 nitrogen and oxygen atoms in total. The van der Waals surface area contributed by atoms with Crippen molar-refractivity contribution in [1.29, 1.82) is 0 Å². The molecule has 30 heavy (non-hydrogen) atoms. The Morgan fingerprint density at radius 1 is 1.43 bits per heavy atom. The van der Waals surface area contributed by atoms with E-state index in [1.165, 1.54) is 30.3 Å². The van der Waals surface area contributed by atoms with Crippen LogP contribution in [0, 0.1) is 0 Å². The van der Waals surface area contributed by atoms with Crippen LogP contribution in [0.3, 0.4) is 0 Å². The molecule has 0 aromatic carbocycles. The van der Waals surface area contributed by atoms with E-state index in [1.54, 1.807) is 0 Å². The molecule has 0 saturated carbocycles. The third-order valence-electron chi connectivity index (χ3n) is 4.38. The third kappa shape index (κ3) is 4.17. The maximum atomic E-state index is 12.8. The summed E-state index contributed by atoms with van der Waals surface area (Å²) < 4.78 is 5.01. The van der Waals surface area contributed by atoms with E-state index in [1.807, 2.05) is 0 Å². The van der Waals surface area contributed by atoms with Gasteiger partial charge >= 0.3 is 11.9 Å². The van der Waals surface area contributed by atoms with Crippen LogP contribution < -0.4 is 11.1 Å². The average molecular weight is 454 g/mol. The van der Waals surface area contributed by atoms with Crippen LogP contribution in [0.15, 0.2) is 22.7 Å². The third-order valence-corrected chi connectivity index (χ3v) is 6.39. The van der Waals surface area contributed by atoms with Crippen molar-refractivity contribution < 1.29 is 34.1 Å². The minimum atomic E-state index is -1.24. The fraction of sp³-hybridized carbons (Fsp3) is 0.353. The fourth-order valence-corrected chi connectivity index (χ4v) is 4.99. The first kappa shape index (κ1) is 21.8. The summed E-state index contributed by atoms with van der Waals surface area (Å²) in [4.78, 5) is 53.2. The van der Waals surface area contributed by atoms with Crippen molar-refractivity contribution in [3.8, 4) is 0 Å². The SMILES string of the molecule is COCC1=C(C(=O)O)N2C(=O)[C@@H](NC(=O)C(=CCC(=O)O)c3csc(N)n3)[C@H]2SC1.